The maximum atomic E-state index is 11.1. The molecule has 0 radical (unpaired) electrons. The molecular weight excluding hydrogens is 496 g/mol. The van der Waals surface area contributed by atoms with Crippen LogP contribution in [0.1, 0.15) is 36.2 Å². The van der Waals surface area contributed by atoms with E-state index in [4.69, 9.17) is 28.6 Å². The minimum absolute atomic E-state index is 0.0371. The Hall–Kier alpha value is -4.07. The fourth-order valence-corrected chi connectivity index (χ4v) is 4.85. The predicted octanol–water partition coefficient (Wildman–Crippen LogP) is 2.65. The van der Waals surface area contributed by atoms with E-state index >= 15 is 0 Å². The normalized spacial score (nSPS) is 24.0. The van der Waals surface area contributed by atoms with E-state index in [1.54, 1.807) is 6.33 Å². The van der Waals surface area contributed by atoms with Crippen molar-refractivity contribution in [2.75, 3.05) is 18.6 Å². The standard InChI is InChI=1S/C25H26N6O7/c1-25(2)36-19-16(11-34-17-9-15(24(32)33)38-29-17)35-23(20(19)37-25)31-13-28-18-21(26-12-27-22(18)31)30(3)10-14-7-5-4-6-8-14/h4-9,12-13,16,19-20,23H,10-11H2,1-3H3,(H,32,33). The van der Waals surface area contributed by atoms with Crippen LogP contribution < -0.4 is 9.64 Å². The number of ether oxygens (including phenoxy) is 4. The fourth-order valence-electron chi connectivity index (χ4n) is 4.85. The second kappa shape index (κ2) is 9.35. The van der Waals surface area contributed by atoms with Gasteiger partial charge in [-0.1, -0.05) is 30.3 Å². The highest BCUT2D eigenvalue weighted by molar-refractivity contribution is 5.84. The molecular formula is C25H26N6O7. The summed E-state index contributed by atoms with van der Waals surface area (Å²) in [6.45, 7) is 4.36. The van der Waals surface area contributed by atoms with Crippen LogP contribution >= 0.6 is 0 Å². The Morgan fingerprint density at radius 2 is 1.95 bits per heavy atom. The van der Waals surface area contributed by atoms with Gasteiger partial charge < -0.3 is 33.5 Å². The number of nitrogens with zero attached hydrogens (tertiary/aromatic N) is 6. The van der Waals surface area contributed by atoms with E-state index in [1.807, 2.05) is 48.6 Å². The van der Waals surface area contributed by atoms with Crippen LogP contribution in [0.5, 0.6) is 5.88 Å². The van der Waals surface area contributed by atoms with Gasteiger partial charge in [-0.3, -0.25) is 4.57 Å². The van der Waals surface area contributed by atoms with Crippen LogP contribution in [0.3, 0.4) is 0 Å². The van der Waals surface area contributed by atoms with Crippen molar-refractivity contribution in [1.29, 1.82) is 0 Å². The Morgan fingerprint density at radius 3 is 2.71 bits per heavy atom. The summed E-state index contributed by atoms with van der Waals surface area (Å²) in [7, 11) is 1.96. The van der Waals surface area contributed by atoms with Gasteiger partial charge in [0.2, 0.25) is 5.76 Å². The van der Waals surface area contributed by atoms with E-state index in [0.717, 1.165) is 5.56 Å². The Morgan fingerprint density at radius 1 is 1.16 bits per heavy atom. The first kappa shape index (κ1) is 24.3. The molecule has 1 N–H and O–H groups in total. The average Bonchev–Trinajstić information content (AvgIpc) is 3.66. The molecule has 5 heterocycles. The monoisotopic (exact) mass is 522 g/mol. The molecule has 0 amide bonds. The zero-order valence-electron chi connectivity index (χ0n) is 20.9. The minimum atomic E-state index is -1.23. The number of benzene rings is 1. The number of carboxylic acids is 1. The molecule has 0 aliphatic carbocycles. The van der Waals surface area contributed by atoms with E-state index in [0.29, 0.717) is 23.5 Å². The molecule has 0 saturated carbocycles. The van der Waals surface area contributed by atoms with Crippen molar-refractivity contribution in [3.63, 3.8) is 0 Å². The zero-order chi connectivity index (χ0) is 26.4. The number of imidazole rings is 1. The van der Waals surface area contributed by atoms with Crippen LogP contribution in [0.2, 0.25) is 0 Å². The second-order valence-corrected chi connectivity index (χ2v) is 9.64. The van der Waals surface area contributed by atoms with Gasteiger partial charge in [0.1, 0.15) is 31.2 Å². The van der Waals surface area contributed by atoms with E-state index < -0.39 is 36.3 Å². The highest BCUT2D eigenvalue weighted by Crippen LogP contribution is 2.44. The summed E-state index contributed by atoms with van der Waals surface area (Å²) in [6.07, 6.45) is 1.09. The molecule has 2 fully saturated rings. The molecule has 13 heteroatoms. The van der Waals surface area contributed by atoms with Crippen molar-refractivity contribution < 1.29 is 33.4 Å². The van der Waals surface area contributed by atoms with Crippen molar-refractivity contribution in [2.45, 2.75) is 50.7 Å². The van der Waals surface area contributed by atoms with Gasteiger partial charge in [-0.2, -0.15) is 0 Å². The molecule has 2 aliphatic heterocycles. The first-order valence-corrected chi connectivity index (χ1v) is 12.1. The number of carbonyl (C=O) groups is 1. The van der Waals surface area contributed by atoms with Gasteiger partial charge in [0.05, 0.1) is 12.4 Å². The zero-order valence-corrected chi connectivity index (χ0v) is 20.9. The lowest BCUT2D eigenvalue weighted by molar-refractivity contribution is -0.199. The smallest absolute Gasteiger partial charge is 0.374 e. The number of aromatic carboxylic acids is 1. The summed E-state index contributed by atoms with van der Waals surface area (Å²) in [5.74, 6) is -1.66. The SMILES string of the molecule is CN(Cc1ccccc1)c1ncnc2c1ncn2C1OC(COc2cc(C(=O)O)on2)C2OC(C)(C)OC21. The van der Waals surface area contributed by atoms with E-state index in [-0.39, 0.29) is 18.2 Å². The Balaban J connectivity index is 1.25. The highest BCUT2D eigenvalue weighted by atomic mass is 16.8. The molecule has 6 rings (SSSR count). The van der Waals surface area contributed by atoms with Gasteiger partial charge in [-0.15, -0.1) is 0 Å². The number of anilines is 1. The van der Waals surface area contributed by atoms with Crippen LogP contribution in [-0.2, 0) is 20.8 Å². The van der Waals surface area contributed by atoms with Crippen molar-refractivity contribution in [2.24, 2.45) is 0 Å². The third kappa shape index (κ3) is 4.44. The first-order valence-electron chi connectivity index (χ1n) is 12.1. The molecule has 4 atom stereocenters. The maximum Gasteiger partial charge on any atom is 0.374 e. The van der Waals surface area contributed by atoms with Gasteiger partial charge in [0.25, 0.3) is 5.88 Å². The summed E-state index contributed by atoms with van der Waals surface area (Å²) < 4.78 is 31.0. The number of carboxylic acid groups (broad SMARTS) is 1. The highest BCUT2D eigenvalue weighted by Gasteiger charge is 2.56. The lowest BCUT2D eigenvalue weighted by atomic mass is 10.1. The van der Waals surface area contributed by atoms with Crippen LogP contribution in [0.25, 0.3) is 11.2 Å². The Labute approximate surface area is 216 Å². The molecule has 198 valence electrons. The quantitative estimate of drug-likeness (QED) is 0.363. The van der Waals surface area contributed by atoms with E-state index in [1.165, 1.54) is 12.4 Å². The third-order valence-corrected chi connectivity index (χ3v) is 6.46. The third-order valence-electron chi connectivity index (χ3n) is 6.46. The van der Waals surface area contributed by atoms with Gasteiger partial charge in [0, 0.05) is 13.6 Å². The number of hydrogen-bond donors (Lipinski definition) is 1. The molecule has 2 aliphatic rings. The topological polar surface area (TPSA) is 147 Å². The largest absolute Gasteiger partial charge is 0.475 e. The van der Waals surface area contributed by atoms with Gasteiger partial charge in [-0.25, -0.2) is 19.7 Å². The van der Waals surface area contributed by atoms with Crippen molar-refractivity contribution in [1.82, 2.24) is 24.7 Å². The molecule has 38 heavy (non-hydrogen) atoms. The molecule has 13 nitrogen and oxygen atoms in total. The molecule has 3 aromatic heterocycles. The molecule has 2 saturated heterocycles. The summed E-state index contributed by atoms with van der Waals surface area (Å²) in [5.41, 5.74) is 2.37. The van der Waals surface area contributed by atoms with Crippen LogP contribution in [0.4, 0.5) is 5.82 Å². The van der Waals surface area contributed by atoms with Gasteiger partial charge in [-0.05, 0) is 24.6 Å². The van der Waals surface area contributed by atoms with E-state index in [9.17, 15) is 4.79 Å². The van der Waals surface area contributed by atoms with Crippen LogP contribution in [-0.4, -0.2) is 73.5 Å². The Kier molecular flexibility index (Phi) is 5.97. The van der Waals surface area contributed by atoms with Crippen molar-refractivity contribution in [3.05, 3.63) is 60.4 Å². The molecule has 4 aromatic rings. The summed E-state index contributed by atoms with van der Waals surface area (Å²) in [5, 5.41) is 12.7. The predicted molar refractivity (Wildman–Crippen MR) is 131 cm³/mol. The Bertz CT molecular complexity index is 1450. The summed E-state index contributed by atoms with van der Waals surface area (Å²) in [6, 6.07) is 11.3. The van der Waals surface area contributed by atoms with Gasteiger partial charge >= 0.3 is 5.97 Å². The van der Waals surface area contributed by atoms with Crippen molar-refractivity contribution in [3.8, 4) is 5.88 Å². The fraction of sp³-hybridized carbons (Fsp3) is 0.400. The molecule has 0 spiro atoms. The average molecular weight is 523 g/mol. The van der Waals surface area contributed by atoms with Gasteiger partial charge in [0.15, 0.2) is 29.0 Å². The number of aromatic nitrogens is 5. The second-order valence-electron chi connectivity index (χ2n) is 9.64. The minimum Gasteiger partial charge on any atom is -0.475 e. The van der Waals surface area contributed by atoms with Crippen LogP contribution in [0, 0.1) is 0 Å². The molecule has 4 unspecified atom stereocenters. The lowest BCUT2D eigenvalue weighted by Crippen LogP contribution is -2.34. The number of fused-ring (bicyclic) bond motifs is 2. The maximum absolute atomic E-state index is 11.1. The molecule has 0 bridgehead atoms. The van der Waals surface area contributed by atoms with Crippen LogP contribution in [0.15, 0.2) is 53.6 Å². The summed E-state index contributed by atoms with van der Waals surface area (Å²) in [4.78, 5) is 26.7. The summed E-state index contributed by atoms with van der Waals surface area (Å²) >= 11 is 0. The van der Waals surface area contributed by atoms with Crippen molar-refractivity contribution >= 4 is 23.0 Å². The first-order chi connectivity index (χ1) is 18.3. The molecule has 1 aromatic carbocycles. The lowest BCUT2D eigenvalue weighted by Gasteiger charge is -2.24. The number of rotatable bonds is 8. The van der Waals surface area contributed by atoms with E-state index in [2.05, 4.69) is 32.2 Å². The number of hydrogen-bond acceptors (Lipinski definition) is 11.